The van der Waals surface area contributed by atoms with Gasteiger partial charge in [-0.2, -0.15) is 0 Å². The first-order valence-corrected chi connectivity index (χ1v) is 9.75. The number of carbonyl (C=O) groups excluding carboxylic acids is 2. The lowest BCUT2D eigenvalue weighted by atomic mass is 9.95. The molecule has 1 heterocycles. The Kier molecular flexibility index (Phi) is 6.66. The molecular formula is C22H22N2O7. The number of hydrogen-bond donors (Lipinski definition) is 2. The fourth-order valence-electron chi connectivity index (χ4n) is 3.53. The highest BCUT2D eigenvalue weighted by Crippen LogP contribution is 2.40. The summed E-state index contributed by atoms with van der Waals surface area (Å²) in [5, 5.41) is 30.8. The zero-order chi connectivity index (χ0) is 22.5. The molecule has 1 amide bonds. The summed E-state index contributed by atoms with van der Waals surface area (Å²) in [6.45, 7) is 2.08. The first-order valence-electron chi connectivity index (χ1n) is 9.75. The first-order chi connectivity index (χ1) is 14.9. The average molecular weight is 426 g/mol. The van der Waals surface area contributed by atoms with Crippen molar-refractivity contribution in [1.82, 2.24) is 4.90 Å². The van der Waals surface area contributed by atoms with Gasteiger partial charge in [-0.3, -0.25) is 19.7 Å². The summed E-state index contributed by atoms with van der Waals surface area (Å²) in [6.07, 6.45) is 0.599. The third-order valence-corrected chi connectivity index (χ3v) is 4.89. The number of nitrogens with zero attached hydrogens (tertiary/aromatic N) is 2. The van der Waals surface area contributed by atoms with Gasteiger partial charge in [-0.1, -0.05) is 19.1 Å². The molecule has 1 aliphatic rings. The number of non-ortho nitro benzene ring substituents is 1. The van der Waals surface area contributed by atoms with Gasteiger partial charge in [-0.05, 0) is 36.2 Å². The Balaban J connectivity index is 2.11. The molecule has 0 aromatic heterocycles. The molecule has 162 valence electrons. The first kappa shape index (κ1) is 22.0. The normalized spacial score (nSPS) is 17.7. The van der Waals surface area contributed by atoms with Crippen molar-refractivity contribution in [2.24, 2.45) is 0 Å². The summed E-state index contributed by atoms with van der Waals surface area (Å²) in [6, 6.07) is 11.0. The molecule has 9 nitrogen and oxygen atoms in total. The molecule has 31 heavy (non-hydrogen) atoms. The van der Waals surface area contributed by atoms with E-state index in [2.05, 4.69) is 0 Å². The fraction of sp³-hybridized carbons (Fsp3) is 0.273. The number of likely N-dealkylation sites (tertiary alicyclic amines) is 1. The summed E-state index contributed by atoms with van der Waals surface area (Å²) in [5.74, 6) is -1.50. The third-order valence-electron chi connectivity index (χ3n) is 4.89. The molecule has 1 atom stereocenters. The number of rotatable bonds is 8. The highest BCUT2D eigenvalue weighted by Gasteiger charge is 2.45. The third kappa shape index (κ3) is 4.41. The van der Waals surface area contributed by atoms with Crippen molar-refractivity contribution in [3.8, 4) is 5.75 Å². The van der Waals surface area contributed by atoms with Crippen LogP contribution < -0.4 is 4.74 Å². The van der Waals surface area contributed by atoms with E-state index in [1.165, 1.54) is 29.2 Å². The van der Waals surface area contributed by atoms with Crippen LogP contribution in [0.15, 0.2) is 54.1 Å². The number of aliphatic hydroxyl groups excluding tert-OH is 2. The van der Waals surface area contributed by atoms with Gasteiger partial charge < -0.3 is 19.8 Å². The molecule has 2 aromatic carbocycles. The monoisotopic (exact) mass is 426 g/mol. The number of aliphatic hydroxyl groups is 2. The lowest BCUT2D eigenvalue weighted by molar-refractivity contribution is -0.384. The van der Waals surface area contributed by atoms with Crippen molar-refractivity contribution in [1.29, 1.82) is 0 Å². The number of nitro benzene ring substituents is 1. The zero-order valence-electron chi connectivity index (χ0n) is 16.9. The number of amides is 1. The molecule has 1 unspecified atom stereocenters. The second-order valence-electron chi connectivity index (χ2n) is 6.94. The molecule has 1 aliphatic heterocycles. The summed E-state index contributed by atoms with van der Waals surface area (Å²) < 4.78 is 5.44. The number of nitro groups is 1. The van der Waals surface area contributed by atoms with Crippen LogP contribution in [0.25, 0.3) is 5.76 Å². The minimum atomic E-state index is -0.840. The molecule has 2 N–H and O–H groups in total. The fourth-order valence-corrected chi connectivity index (χ4v) is 3.53. The number of carbonyl (C=O) groups is 2. The van der Waals surface area contributed by atoms with Crippen molar-refractivity contribution < 1.29 is 29.5 Å². The second kappa shape index (κ2) is 9.40. The largest absolute Gasteiger partial charge is 0.507 e. The molecule has 0 saturated carbocycles. The molecule has 0 radical (unpaired) electrons. The molecule has 0 bridgehead atoms. The lowest BCUT2D eigenvalue weighted by Crippen LogP contribution is -2.30. The Morgan fingerprint density at radius 1 is 1.19 bits per heavy atom. The van der Waals surface area contributed by atoms with Gasteiger partial charge in [0.1, 0.15) is 18.1 Å². The van der Waals surface area contributed by atoms with Crippen molar-refractivity contribution in [2.75, 3.05) is 19.8 Å². The molecule has 1 fully saturated rings. The van der Waals surface area contributed by atoms with E-state index in [0.717, 1.165) is 0 Å². The van der Waals surface area contributed by atoms with Gasteiger partial charge in [0, 0.05) is 24.2 Å². The van der Waals surface area contributed by atoms with Crippen LogP contribution in [0.5, 0.6) is 5.75 Å². The van der Waals surface area contributed by atoms with Crippen LogP contribution in [0.4, 0.5) is 5.69 Å². The van der Waals surface area contributed by atoms with E-state index in [1.54, 1.807) is 24.3 Å². The van der Waals surface area contributed by atoms with Gasteiger partial charge in [0.2, 0.25) is 0 Å². The number of ketones is 1. The zero-order valence-corrected chi connectivity index (χ0v) is 16.9. The Labute approximate surface area is 178 Å². The van der Waals surface area contributed by atoms with Crippen LogP contribution in [0.3, 0.4) is 0 Å². The van der Waals surface area contributed by atoms with Gasteiger partial charge >= 0.3 is 0 Å². The van der Waals surface area contributed by atoms with E-state index in [1.807, 2.05) is 6.92 Å². The van der Waals surface area contributed by atoms with Gasteiger partial charge in [-0.25, -0.2) is 0 Å². The topological polar surface area (TPSA) is 130 Å². The molecule has 0 aliphatic carbocycles. The van der Waals surface area contributed by atoms with Crippen molar-refractivity contribution in [3.05, 3.63) is 75.3 Å². The maximum absolute atomic E-state index is 12.8. The maximum Gasteiger partial charge on any atom is 0.295 e. The quantitative estimate of drug-likeness (QED) is 0.218. The Morgan fingerprint density at radius 2 is 1.90 bits per heavy atom. The number of benzene rings is 2. The lowest BCUT2D eigenvalue weighted by Gasteiger charge is -2.25. The van der Waals surface area contributed by atoms with Gasteiger partial charge in [0.15, 0.2) is 0 Å². The van der Waals surface area contributed by atoms with Crippen LogP contribution in [-0.2, 0) is 9.59 Å². The summed E-state index contributed by atoms with van der Waals surface area (Å²) in [5.41, 5.74) is 0.504. The van der Waals surface area contributed by atoms with Crippen molar-refractivity contribution in [3.63, 3.8) is 0 Å². The van der Waals surface area contributed by atoms with Crippen LogP contribution in [0.1, 0.15) is 30.5 Å². The van der Waals surface area contributed by atoms with Crippen molar-refractivity contribution >= 4 is 23.1 Å². The van der Waals surface area contributed by atoms with E-state index in [0.29, 0.717) is 24.3 Å². The Bertz CT molecular complexity index is 1030. The molecule has 1 saturated heterocycles. The number of ether oxygens (including phenoxy) is 1. The Hall–Kier alpha value is -3.72. The summed E-state index contributed by atoms with van der Waals surface area (Å²) in [7, 11) is 0. The van der Waals surface area contributed by atoms with E-state index < -0.39 is 28.4 Å². The standard InChI is InChI=1S/C22H22N2O7/c1-2-10-23-19(15-4-3-5-17(13-15)31-12-11-25)18(21(27)22(23)28)20(26)14-6-8-16(9-7-14)24(29)30/h3-9,13,19,25-26H,2,10-12H2,1H3/b20-18+. The predicted octanol–water partition coefficient (Wildman–Crippen LogP) is 2.80. The SMILES string of the molecule is CCCN1C(=O)C(=O)/C(=C(/O)c2ccc([N+](=O)[O-])cc2)C1c1cccc(OCCO)c1. The molecule has 3 rings (SSSR count). The maximum atomic E-state index is 12.8. The molecule has 9 heteroatoms. The minimum absolute atomic E-state index is 0.0847. The van der Waals surface area contributed by atoms with E-state index in [4.69, 9.17) is 9.84 Å². The van der Waals surface area contributed by atoms with Crippen molar-refractivity contribution in [2.45, 2.75) is 19.4 Å². The number of hydrogen-bond acceptors (Lipinski definition) is 7. The van der Waals surface area contributed by atoms with Gasteiger partial charge in [0.25, 0.3) is 17.4 Å². The smallest absolute Gasteiger partial charge is 0.295 e. The molecule has 0 spiro atoms. The van der Waals surface area contributed by atoms with Crippen LogP contribution in [-0.4, -0.2) is 51.5 Å². The summed E-state index contributed by atoms with van der Waals surface area (Å²) >= 11 is 0. The molecular weight excluding hydrogens is 404 g/mol. The van der Waals surface area contributed by atoms with Gasteiger partial charge in [0.05, 0.1) is 23.1 Å². The molecule has 2 aromatic rings. The average Bonchev–Trinajstić information content (AvgIpc) is 3.02. The Morgan fingerprint density at radius 3 is 2.52 bits per heavy atom. The van der Waals surface area contributed by atoms with Crippen LogP contribution in [0, 0.1) is 10.1 Å². The van der Waals surface area contributed by atoms with Crippen LogP contribution in [0.2, 0.25) is 0 Å². The van der Waals surface area contributed by atoms with E-state index in [9.17, 15) is 24.8 Å². The highest BCUT2D eigenvalue weighted by atomic mass is 16.6. The predicted molar refractivity (Wildman–Crippen MR) is 111 cm³/mol. The minimum Gasteiger partial charge on any atom is -0.507 e. The van der Waals surface area contributed by atoms with Crippen LogP contribution >= 0.6 is 0 Å². The highest BCUT2D eigenvalue weighted by molar-refractivity contribution is 6.46. The second-order valence-corrected chi connectivity index (χ2v) is 6.94. The number of Topliss-reactive ketones (excluding diaryl/α,β-unsaturated/α-hetero) is 1. The van der Waals surface area contributed by atoms with E-state index in [-0.39, 0.29) is 30.0 Å². The van der Waals surface area contributed by atoms with Gasteiger partial charge in [-0.15, -0.1) is 0 Å². The summed E-state index contributed by atoms with van der Waals surface area (Å²) in [4.78, 5) is 37.3. The van der Waals surface area contributed by atoms with E-state index >= 15 is 0 Å².